The fourth-order valence-electron chi connectivity index (χ4n) is 2.84. The molecular formula is C19H13ClN4O4. The van der Waals surface area contributed by atoms with Gasteiger partial charge in [-0.05, 0) is 30.3 Å². The van der Waals surface area contributed by atoms with Gasteiger partial charge in [0.2, 0.25) is 11.8 Å². The topological polar surface area (TPSA) is 105 Å². The first-order valence-electron chi connectivity index (χ1n) is 8.38. The number of hydrogen-bond donors (Lipinski definition) is 1. The number of anilines is 2. The zero-order valence-electron chi connectivity index (χ0n) is 14.4. The summed E-state index contributed by atoms with van der Waals surface area (Å²) in [5, 5.41) is 10.6. The van der Waals surface area contributed by atoms with Crippen LogP contribution in [0, 0.1) is 0 Å². The van der Waals surface area contributed by atoms with Gasteiger partial charge >= 0.3 is 6.01 Å². The maximum Gasteiger partial charge on any atom is 0.322 e. The molecule has 8 nitrogen and oxygen atoms in total. The van der Waals surface area contributed by atoms with Gasteiger partial charge in [0.1, 0.15) is 0 Å². The van der Waals surface area contributed by atoms with E-state index in [-0.39, 0.29) is 42.1 Å². The molecule has 0 aliphatic carbocycles. The summed E-state index contributed by atoms with van der Waals surface area (Å²) in [5.74, 6) is -0.925. The molecule has 1 fully saturated rings. The van der Waals surface area contributed by atoms with E-state index in [9.17, 15) is 14.4 Å². The number of nitrogens with one attached hydrogen (secondary N) is 1. The molecule has 0 spiro atoms. The van der Waals surface area contributed by atoms with Crippen LogP contribution < -0.4 is 10.2 Å². The van der Waals surface area contributed by atoms with E-state index in [0.717, 1.165) is 4.90 Å². The number of nitrogens with zero attached hydrogens (tertiary/aromatic N) is 3. The molecule has 1 N–H and O–H groups in total. The Morgan fingerprint density at radius 2 is 1.79 bits per heavy atom. The molecule has 0 bridgehead atoms. The predicted octanol–water partition coefficient (Wildman–Crippen LogP) is 3.30. The van der Waals surface area contributed by atoms with Crippen LogP contribution in [-0.2, 0) is 9.59 Å². The van der Waals surface area contributed by atoms with Crippen molar-refractivity contribution in [2.45, 2.75) is 12.8 Å². The lowest BCUT2D eigenvalue weighted by molar-refractivity contribution is -0.121. The number of hydrogen-bond acceptors (Lipinski definition) is 6. The molecule has 3 aromatic rings. The average molecular weight is 397 g/mol. The number of carbonyl (C=O) groups is 3. The van der Waals surface area contributed by atoms with E-state index in [4.69, 9.17) is 16.0 Å². The van der Waals surface area contributed by atoms with Gasteiger partial charge < -0.3 is 4.42 Å². The van der Waals surface area contributed by atoms with Crippen LogP contribution in [0.2, 0.25) is 5.02 Å². The molecule has 1 aliphatic heterocycles. The van der Waals surface area contributed by atoms with Crippen LogP contribution in [0.4, 0.5) is 11.7 Å². The first kappa shape index (κ1) is 17.9. The molecule has 0 atom stereocenters. The smallest absolute Gasteiger partial charge is 0.322 e. The Balaban J connectivity index is 1.53. The highest BCUT2D eigenvalue weighted by atomic mass is 35.5. The van der Waals surface area contributed by atoms with Gasteiger partial charge in [0.05, 0.1) is 16.3 Å². The Hall–Kier alpha value is -3.52. The van der Waals surface area contributed by atoms with Crippen molar-refractivity contribution in [3.05, 3.63) is 59.1 Å². The van der Waals surface area contributed by atoms with Crippen LogP contribution in [0.3, 0.4) is 0 Å². The van der Waals surface area contributed by atoms with E-state index in [1.165, 1.54) is 6.07 Å². The summed E-state index contributed by atoms with van der Waals surface area (Å²) < 4.78 is 5.45. The molecule has 1 aromatic heterocycles. The predicted molar refractivity (Wildman–Crippen MR) is 101 cm³/mol. The lowest BCUT2D eigenvalue weighted by Crippen LogP contribution is -2.28. The highest BCUT2D eigenvalue weighted by Crippen LogP contribution is 2.28. The van der Waals surface area contributed by atoms with E-state index < -0.39 is 5.91 Å². The monoisotopic (exact) mass is 396 g/mol. The zero-order valence-corrected chi connectivity index (χ0v) is 15.1. The van der Waals surface area contributed by atoms with E-state index >= 15 is 0 Å². The van der Waals surface area contributed by atoms with Crippen molar-refractivity contribution in [3.63, 3.8) is 0 Å². The first-order valence-corrected chi connectivity index (χ1v) is 8.76. The van der Waals surface area contributed by atoms with E-state index in [1.54, 1.807) is 42.5 Å². The fraction of sp³-hybridized carbons (Fsp3) is 0.105. The summed E-state index contributed by atoms with van der Waals surface area (Å²) in [6.07, 6.45) is 0.337. The van der Waals surface area contributed by atoms with Crippen molar-refractivity contribution in [3.8, 4) is 11.5 Å². The summed E-state index contributed by atoms with van der Waals surface area (Å²) in [7, 11) is 0. The second-order valence-electron chi connectivity index (χ2n) is 6.02. The first-order chi connectivity index (χ1) is 13.5. The molecule has 3 amide bonds. The molecule has 0 radical (unpaired) electrons. The van der Waals surface area contributed by atoms with Crippen LogP contribution in [0.5, 0.6) is 0 Å². The van der Waals surface area contributed by atoms with Crippen LogP contribution in [0.1, 0.15) is 23.2 Å². The van der Waals surface area contributed by atoms with E-state index in [1.807, 2.05) is 0 Å². The maximum absolute atomic E-state index is 12.5. The highest BCUT2D eigenvalue weighted by molar-refractivity contribution is 6.33. The summed E-state index contributed by atoms with van der Waals surface area (Å²) in [6, 6.07) is 13.0. The number of carbonyl (C=O) groups excluding carboxylic acids is 3. The molecule has 9 heteroatoms. The average Bonchev–Trinajstić information content (AvgIpc) is 3.28. The van der Waals surface area contributed by atoms with Gasteiger partial charge in [0.15, 0.2) is 0 Å². The molecule has 0 saturated carbocycles. The Bertz CT molecular complexity index is 1080. The fourth-order valence-corrected chi connectivity index (χ4v) is 3.05. The molecular weight excluding hydrogens is 384 g/mol. The highest BCUT2D eigenvalue weighted by Gasteiger charge is 2.30. The summed E-state index contributed by atoms with van der Waals surface area (Å²) in [5.41, 5.74) is 1.13. The SMILES string of the molecule is O=C(Nc1nnc(-c2ccccc2Cl)o1)c1cccc(N2C(=O)CCC2=O)c1. The Labute approximate surface area is 164 Å². The van der Waals surface area contributed by atoms with Crippen molar-refractivity contribution in [2.24, 2.45) is 0 Å². The summed E-state index contributed by atoms with van der Waals surface area (Å²) >= 11 is 6.10. The molecule has 28 heavy (non-hydrogen) atoms. The summed E-state index contributed by atoms with van der Waals surface area (Å²) in [6.45, 7) is 0. The molecule has 2 heterocycles. The van der Waals surface area contributed by atoms with Crippen molar-refractivity contribution in [1.82, 2.24) is 10.2 Å². The van der Waals surface area contributed by atoms with Crippen LogP contribution in [-0.4, -0.2) is 27.9 Å². The Morgan fingerprint density at radius 3 is 2.54 bits per heavy atom. The normalized spacial score (nSPS) is 13.8. The van der Waals surface area contributed by atoms with Crippen molar-refractivity contribution in [2.75, 3.05) is 10.2 Å². The standard InChI is InChI=1S/C19H13ClN4O4/c20-14-7-2-1-6-13(14)18-22-23-19(28-18)21-17(27)11-4-3-5-12(10-11)24-15(25)8-9-16(24)26/h1-7,10H,8-9H2,(H,21,23,27). The minimum atomic E-state index is -0.518. The Kier molecular flexibility index (Phi) is 4.62. The van der Waals surface area contributed by atoms with Gasteiger partial charge in [0.25, 0.3) is 11.8 Å². The van der Waals surface area contributed by atoms with Gasteiger partial charge in [-0.25, -0.2) is 0 Å². The van der Waals surface area contributed by atoms with Crippen molar-refractivity contribution in [1.29, 1.82) is 0 Å². The van der Waals surface area contributed by atoms with Crippen molar-refractivity contribution >= 4 is 41.0 Å². The van der Waals surface area contributed by atoms with E-state index in [2.05, 4.69) is 15.5 Å². The van der Waals surface area contributed by atoms with Crippen LogP contribution in [0.15, 0.2) is 52.9 Å². The lowest BCUT2D eigenvalue weighted by atomic mass is 10.2. The molecule has 1 aliphatic rings. The van der Waals surface area contributed by atoms with Gasteiger partial charge in [-0.3, -0.25) is 24.6 Å². The third-order valence-corrected chi connectivity index (χ3v) is 4.50. The van der Waals surface area contributed by atoms with Crippen LogP contribution >= 0.6 is 11.6 Å². The number of halogens is 1. The summed E-state index contributed by atoms with van der Waals surface area (Å²) in [4.78, 5) is 37.4. The van der Waals surface area contributed by atoms with Gasteiger partial charge in [0, 0.05) is 18.4 Å². The van der Waals surface area contributed by atoms with Gasteiger partial charge in [-0.2, -0.15) is 0 Å². The van der Waals surface area contributed by atoms with Crippen molar-refractivity contribution < 1.29 is 18.8 Å². The van der Waals surface area contributed by atoms with E-state index in [0.29, 0.717) is 16.3 Å². The molecule has 4 rings (SSSR count). The molecule has 140 valence electrons. The zero-order chi connectivity index (χ0) is 19.7. The Morgan fingerprint density at radius 1 is 1.04 bits per heavy atom. The minimum Gasteiger partial charge on any atom is -0.403 e. The maximum atomic E-state index is 12.5. The van der Waals surface area contributed by atoms with Gasteiger partial charge in [-0.15, -0.1) is 5.10 Å². The number of imide groups is 1. The second kappa shape index (κ2) is 7.24. The minimum absolute atomic E-state index is 0.0985. The van der Waals surface area contributed by atoms with Gasteiger partial charge in [-0.1, -0.05) is 34.9 Å². The third kappa shape index (κ3) is 3.37. The van der Waals surface area contributed by atoms with Crippen LogP contribution in [0.25, 0.3) is 11.5 Å². The molecule has 2 aromatic carbocycles. The number of rotatable bonds is 4. The molecule has 0 unspecified atom stereocenters. The lowest BCUT2D eigenvalue weighted by Gasteiger charge is -2.14. The number of aromatic nitrogens is 2. The second-order valence-corrected chi connectivity index (χ2v) is 6.43. The molecule has 1 saturated heterocycles. The number of benzene rings is 2. The third-order valence-electron chi connectivity index (χ3n) is 4.17. The quantitative estimate of drug-likeness (QED) is 0.678. The largest absolute Gasteiger partial charge is 0.403 e. The number of amides is 3.